The van der Waals surface area contributed by atoms with Gasteiger partial charge >= 0.3 is 0 Å². The molecule has 2 aliphatic rings. The normalized spacial score (nSPS) is 16.1. The number of rotatable bonds is 13. The first-order chi connectivity index (χ1) is 23.4. The van der Waals surface area contributed by atoms with Gasteiger partial charge in [0, 0.05) is 36.2 Å². The largest absolute Gasteiger partial charge is 0.493 e. The molecule has 4 aromatic rings. The van der Waals surface area contributed by atoms with Gasteiger partial charge in [-0.1, -0.05) is 74.0 Å². The molecule has 6 rings (SSSR count). The second kappa shape index (κ2) is 15.8. The van der Waals surface area contributed by atoms with Gasteiger partial charge in [0.05, 0.1) is 12.0 Å². The van der Waals surface area contributed by atoms with Crippen molar-refractivity contribution in [1.82, 2.24) is 14.4 Å². The molecule has 2 fully saturated rings. The van der Waals surface area contributed by atoms with Crippen molar-refractivity contribution >= 4 is 21.6 Å². The third kappa shape index (κ3) is 8.25. The summed E-state index contributed by atoms with van der Waals surface area (Å²) < 4.78 is 46.7. The van der Waals surface area contributed by atoms with Crippen molar-refractivity contribution < 1.29 is 27.2 Å². The lowest BCUT2D eigenvalue weighted by Crippen LogP contribution is -2.48. The van der Waals surface area contributed by atoms with Gasteiger partial charge in [-0.15, -0.1) is 0 Å². The molecule has 1 amide bonds. The average molecular weight is 673 g/mol. The summed E-state index contributed by atoms with van der Waals surface area (Å²) in [5.74, 6) is 1.62. The lowest BCUT2D eigenvalue weighted by atomic mass is 9.91. The highest BCUT2D eigenvalue weighted by Gasteiger charge is 2.38. The minimum atomic E-state index is -3.66. The lowest BCUT2D eigenvalue weighted by molar-refractivity contribution is -0.116. The first kappa shape index (κ1) is 33.7. The van der Waals surface area contributed by atoms with Gasteiger partial charge in [0.15, 0.2) is 11.5 Å². The van der Waals surface area contributed by atoms with Crippen LogP contribution in [0.4, 0.5) is 5.69 Å². The maximum absolute atomic E-state index is 14.0. The van der Waals surface area contributed by atoms with Crippen LogP contribution in [0, 0.1) is 0 Å². The van der Waals surface area contributed by atoms with Crippen LogP contribution in [-0.4, -0.2) is 48.0 Å². The molecule has 0 spiro atoms. The van der Waals surface area contributed by atoms with Gasteiger partial charge in [0.1, 0.15) is 6.61 Å². The van der Waals surface area contributed by atoms with Crippen LogP contribution in [0.5, 0.6) is 11.5 Å². The number of aryl methyl sites for hydroxylation is 1. The number of carbonyl (C=O) groups is 1. The van der Waals surface area contributed by atoms with Gasteiger partial charge in [-0.3, -0.25) is 4.79 Å². The molecule has 0 aliphatic heterocycles. The van der Waals surface area contributed by atoms with Gasteiger partial charge in [-0.25, -0.2) is 8.42 Å². The maximum atomic E-state index is 14.0. The molecule has 3 aromatic carbocycles. The van der Waals surface area contributed by atoms with Gasteiger partial charge in [0.25, 0.3) is 0 Å². The number of amides is 1. The van der Waals surface area contributed by atoms with Gasteiger partial charge in [0.2, 0.25) is 27.6 Å². The van der Waals surface area contributed by atoms with E-state index in [4.69, 9.17) is 14.0 Å². The number of methoxy groups -OCH3 is 1. The highest BCUT2D eigenvalue weighted by atomic mass is 32.2. The van der Waals surface area contributed by atoms with Crippen molar-refractivity contribution in [1.29, 1.82) is 0 Å². The molecule has 1 aromatic heterocycles. The topological polar surface area (TPSA) is 124 Å². The zero-order valence-electron chi connectivity index (χ0n) is 27.5. The van der Waals surface area contributed by atoms with Crippen molar-refractivity contribution in [3.05, 3.63) is 84.3 Å². The van der Waals surface area contributed by atoms with Crippen LogP contribution < -0.4 is 14.8 Å². The summed E-state index contributed by atoms with van der Waals surface area (Å²) >= 11 is 0. The monoisotopic (exact) mass is 672 g/mol. The van der Waals surface area contributed by atoms with E-state index in [1.807, 2.05) is 40.7 Å². The second-order valence-electron chi connectivity index (χ2n) is 12.6. The quantitative estimate of drug-likeness (QED) is 0.154. The Labute approximate surface area is 282 Å². The van der Waals surface area contributed by atoms with Gasteiger partial charge < -0.3 is 19.3 Å². The van der Waals surface area contributed by atoms with E-state index in [-0.39, 0.29) is 35.7 Å². The van der Waals surface area contributed by atoms with E-state index in [9.17, 15) is 13.2 Å². The maximum Gasteiger partial charge on any atom is 0.243 e. The van der Waals surface area contributed by atoms with Crippen molar-refractivity contribution in [2.45, 2.75) is 101 Å². The Morgan fingerprint density at radius 3 is 2.19 bits per heavy atom. The van der Waals surface area contributed by atoms with Crippen LogP contribution in [-0.2, 0) is 27.8 Å². The Morgan fingerprint density at radius 1 is 0.875 bits per heavy atom. The van der Waals surface area contributed by atoms with Crippen molar-refractivity contribution in [2.75, 3.05) is 12.4 Å². The van der Waals surface area contributed by atoms with Crippen LogP contribution in [0.25, 0.3) is 11.4 Å². The molecule has 48 heavy (non-hydrogen) atoms. The summed E-state index contributed by atoms with van der Waals surface area (Å²) in [6.45, 7) is 0.410. The fraction of sp³-hybridized carbons (Fsp3) is 0.432. The Morgan fingerprint density at radius 2 is 1.54 bits per heavy atom. The first-order valence-electron chi connectivity index (χ1n) is 17.0. The zero-order valence-corrected chi connectivity index (χ0v) is 28.3. The molecule has 0 atom stereocenters. The number of sulfonamides is 1. The van der Waals surface area contributed by atoms with Crippen LogP contribution in [0.3, 0.4) is 0 Å². The Balaban J connectivity index is 1.04. The molecule has 0 bridgehead atoms. The van der Waals surface area contributed by atoms with Crippen LogP contribution in [0.15, 0.2) is 82.2 Å². The zero-order chi connectivity index (χ0) is 33.3. The fourth-order valence-corrected chi connectivity index (χ4v) is 8.70. The molecule has 1 N–H and O–H groups in total. The summed E-state index contributed by atoms with van der Waals surface area (Å²) in [5, 5.41) is 6.95. The van der Waals surface area contributed by atoms with Crippen molar-refractivity contribution in [3.63, 3.8) is 0 Å². The number of anilines is 1. The third-order valence-corrected chi connectivity index (χ3v) is 11.3. The van der Waals surface area contributed by atoms with Crippen LogP contribution in [0.2, 0.25) is 0 Å². The lowest BCUT2D eigenvalue weighted by Gasteiger charge is -2.40. The van der Waals surface area contributed by atoms with Gasteiger partial charge in [-0.05, 0) is 73.7 Å². The van der Waals surface area contributed by atoms with E-state index in [0.29, 0.717) is 41.1 Å². The van der Waals surface area contributed by atoms with E-state index in [1.54, 1.807) is 43.5 Å². The minimum absolute atomic E-state index is 0.0665. The predicted octanol–water partition coefficient (Wildman–Crippen LogP) is 7.55. The fourth-order valence-electron chi connectivity index (χ4n) is 6.77. The molecule has 0 saturated heterocycles. The van der Waals surface area contributed by atoms with Gasteiger partial charge in [-0.2, -0.15) is 9.29 Å². The minimum Gasteiger partial charge on any atom is -0.493 e. The number of carbonyl (C=O) groups excluding carboxylic acids is 1. The molecule has 254 valence electrons. The number of aromatic nitrogens is 2. The Bertz CT molecular complexity index is 1730. The molecular weight excluding hydrogens is 628 g/mol. The number of benzene rings is 3. The number of hydrogen-bond acceptors (Lipinski definition) is 8. The first-order valence-corrected chi connectivity index (χ1v) is 18.5. The standard InChI is InChI=1S/C37H44N4O6S/c1-45-34-25-28(17-22-33(34)46-26-27-11-5-2-6-12-27)37-39-36(47-40-37)24-23-35(42)38-29-18-20-32(21-19-29)48(43,44)41(30-13-7-3-8-14-30)31-15-9-4-10-16-31/h2,5-6,11-12,17-22,25,30-31H,3-4,7-10,13-16,23-24,26H2,1H3,(H,38,42). The van der Waals surface area contributed by atoms with E-state index in [1.165, 1.54) is 12.8 Å². The molecule has 10 nitrogen and oxygen atoms in total. The summed E-state index contributed by atoms with van der Waals surface area (Å²) in [5.41, 5.74) is 2.28. The van der Waals surface area contributed by atoms with Crippen molar-refractivity contribution in [3.8, 4) is 22.9 Å². The molecule has 1 heterocycles. The van der Waals surface area contributed by atoms with Crippen molar-refractivity contribution in [2.24, 2.45) is 0 Å². The number of ether oxygens (including phenoxy) is 2. The number of nitrogens with one attached hydrogen (secondary N) is 1. The summed E-state index contributed by atoms with van der Waals surface area (Å²) in [6, 6.07) is 22.0. The molecule has 2 aliphatic carbocycles. The smallest absolute Gasteiger partial charge is 0.243 e. The number of nitrogens with zero attached hydrogens (tertiary/aromatic N) is 3. The highest BCUT2D eigenvalue weighted by molar-refractivity contribution is 7.89. The molecular formula is C37H44N4O6S. The molecule has 2 saturated carbocycles. The van der Waals surface area contributed by atoms with E-state index in [0.717, 1.165) is 56.9 Å². The average Bonchev–Trinajstić information content (AvgIpc) is 3.61. The summed E-state index contributed by atoms with van der Waals surface area (Å²) in [4.78, 5) is 17.5. The summed E-state index contributed by atoms with van der Waals surface area (Å²) in [6.07, 6.45) is 10.7. The number of hydrogen-bond donors (Lipinski definition) is 1. The van der Waals surface area contributed by atoms with E-state index in [2.05, 4.69) is 15.5 Å². The Kier molecular flexibility index (Phi) is 11.1. The molecule has 11 heteroatoms. The van der Waals surface area contributed by atoms with E-state index < -0.39 is 10.0 Å². The SMILES string of the molecule is COc1cc(-c2noc(CCC(=O)Nc3ccc(S(=O)(=O)N(C4CCCCC4)C4CCCCC4)cc3)n2)ccc1OCc1ccccc1. The van der Waals surface area contributed by atoms with E-state index >= 15 is 0 Å². The highest BCUT2D eigenvalue weighted by Crippen LogP contribution is 2.35. The molecule has 0 unspecified atom stereocenters. The van der Waals surface area contributed by atoms with Crippen LogP contribution >= 0.6 is 0 Å². The summed E-state index contributed by atoms with van der Waals surface area (Å²) in [7, 11) is -2.08. The second-order valence-corrected chi connectivity index (χ2v) is 14.5. The third-order valence-electron chi connectivity index (χ3n) is 9.28. The molecule has 0 radical (unpaired) electrons. The predicted molar refractivity (Wildman–Crippen MR) is 183 cm³/mol. The Hall–Kier alpha value is -4.22. The van der Waals surface area contributed by atoms with Crippen LogP contribution in [0.1, 0.15) is 82.1 Å².